The lowest BCUT2D eigenvalue weighted by Crippen LogP contribution is -2.25. The van der Waals surface area contributed by atoms with Gasteiger partial charge in [-0.1, -0.05) is 13.3 Å². The van der Waals surface area contributed by atoms with Crippen LogP contribution < -0.4 is 0 Å². The topological polar surface area (TPSA) is 26.3 Å². The van der Waals surface area contributed by atoms with E-state index in [1.54, 1.807) is 0 Å². The molecular weight excluding hydrogens is 270 g/mol. The molecule has 1 unspecified atom stereocenters. The maximum absolute atomic E-state index is 12.7. The molecule has 112 valence electrons. The maximum atomic E-state index is 12.7. The van der Waals surface area contributed by atoms with Gasteiger partial charge in [-0.3, -0.25) is 4.79 Å². The van der Waals surface area contributed by atoms with Crippen LogP contribution in [0.2, 0.25) is 0 Å². The number of hydrogen-bond donors (Lipinski definition) is 0. The van der Waals surface area contributed by atoms with Gasteiger partial charge in [-0.2, -0.15) is 11.8 Å². The predicted molar refractivity (Wildman–Crippen MR) is 74.6 cm³/mol. The highest BCUT2D eigenvalue weighted by molar-refractivity contribution is 7.99. The number of carbonyl (C=O) groups excluding carboxylic acids is 1. The van der Waals surface area contributed by atoms with Crippen LogP contribution in [0.15, 0.2) is 0 Å². The molecule has 0 radical (unpaired) electrons. The molecule has 0 aromatic carbocycles. The summed E-state index contributed by atoms with van der Waals surface area (Å²) in [5.74, 6) is -1.61. The van der Waals surface area contributed by atoms with E-state index in [0.717, 1.165) is 12.2 Å². The van der Waals surface area contributed by atoms with Crippen LogP contribution in [0.4, 0.5) is 8.78 Å². The zero-order chi connectivity index (χ0) is 14.7. The first kappa shape index (κ1) is 16.7. The fourth-order valence-electron chi connectivity index (χ4n) is 1.77. The first-order valence-electron chi connectivity index (χ1n) is 6.81. The van der Waals surface area contributed by atoms with E-state index in [1.807, 2.05) is 27.7 Å². The Hall–Kier alpha value is -0.320. The largest absolute Gasteiger partial charge is 0.460 e. The summed E-state index contributed by atoms with van der Waals surface area (Å²) >= 11 is 1.53. The quantitative estimate of drug-likeness (QED) is 0.660. The third-order valence-corrected chi connectivity index (χ3v) is 4.43. The van der Waals surface area contributed by atoms with Gasteiger partial charge in [-0.15, -0.1) is 0 Å². The van der Waals surface area contributed by atoms with E-state index in [1.165, 1.54) is 11.8 Å². The standard InChI is InChI=1S/C14H24F2O2S/c1-5-10(6-12(17)18-13(2,3)4)8-19-9-11-7-14(11,15)16/h10-11H,5-9H2,1-4H3/t10-,11?/m0/s1. The molecule has 1 aliphatic carbocycles. The molecule has 0 heterocycles. The van der Waals surface area contributed by atoms with Gasteiger partial charge in [0.25, 0.3) is 5.92 Å². The van der Waals surface area contributed by atoms with Crippen molar-refractivity contribution in [1.82, 2.24) is 0 Å². The van der Waals surface area contributed by atoms with E-state index in [2.05, 4.69) is 0 Å². The molecule has 2 atom stereocenters. The number of halogens is 2. The Bertz CT molecular complexity index is 313. The monoisotopic (exact) mass is 294 g/mol. The van der Waals surface area contributed by atoms with Gasteiger partial charge >= 0.3 is 5.97 Å². The Labute approximate surface area is 118 Å². The zero-order valence-electron chi connectivity index (χ0n) is 12.2. The SMILES string of the molecule is CC[C@H](CSCC1CC1(F)F)CC(=O)OC(C)(C)C. The van der Waals surface area contributed by atoms with Crippen LogP contribution in [-0.2, 0) is 9.53 Å². The van der Waals surface area contributed by atoms with Crippen LogP contribution in [0.3, 0.4) is 0 Å². The molecule has 0 aromatic rings. The molecule has 0 spiro atoms. The highest BCUT2D eigenvalue weighted by atomic mass is 32.2. The smallest absolute Gasteiger partial charge is 0.306 e. The summed E-state index contributed by atoms with van der Waals surface area (Å²) in [6, 6.07) is 0. The van der Waals surface area contributed by atoms with Crippen molar-refractivity contribution < 1.29 is 18.3 Å². The number of thioether (sulfide) groups is 1. The minimum absolute atomic E-state index is 0.0306. The van der Waals surface area contributed by atoms with Gasteiger partial charge in [0, 0.05) is 24.5 Å². The van der Waals surface area contributed by atoms with Crippen LogP contribution in [0, 0.1) is 11.8 Å². The third-order valence-electron chi connectivity index (χ3n) is 3.08. The van der Waals surface area contributed by atoms with Crippen LogP contribution in [0.5, 0.6) is 0 Å². The molecule has 1 rings (SSSR count). The van der Waals surface area contributed by atoms with Crippen molar-refractivity contribution in [1.29, 1.82) is 0 Å². The Balaban J connectivity index is 2.20. The fourth-order valence-corrected chi connectivity index (χ4v) is 3.24. The molecule has 5 heteroatoms. The van der Waals surface area contributed by atoms with Crippen molar-refractivity contribution in [2.75, 3.05) is 11.5 Å². The summed E-state index contributed by atoms with van der Waals surface area (Å²) in [4.78, 5) is 11.7. The number of ether oxygens (including phenoxy) is 1. The average molecular weight is 294 g/mol. The highest BCUT2D eigenvalue weighted by Gasteiger charge is 2.56. The van der Waals surface area contributed by atoms with E-state index in [9.17, 15) is 13.6 Å². The van der Waals surface area contributed by atoms with Crippen LogP contribution >= 0.6 is 11.8 Å². The highest BCUT2D eigenvalue weighted by Crippen LogP contribution is 2.50. The van der Waals surface area contributed by atoms with Crippen molar-refractivity contribution in [3.63, 3.8) is 0 Å². The Morgan fingerprint density at radius 3 is 2.47 bits per heavy atom. The second-order valence-corrected chi connectivity index (χ2v) is 7.34. The van der Waals surface area contributed by atoms with Gasteiger partial charge in [0.05, 0.1) is 0 Å². The molecule has 1 fully saturated rings. The summed E-state index contributed by atoms with van der Waals surface area (Å²) in [5.41, 5.74) is -0.460. The van der Waals surface area contributed by atoms with Crippen LogP contribution in [-0.4, -0.2) is 29.0 Å². The fraction of sp³-hybridized carbons (Fsp3) is 0.929. The summed E-state index contributed by atoms with van der Waals surface area (Å²) in [7, 11) is 0. The lowest BCUT2D eigenvalue weighted by molar-refractivity contribution is -0.155. The second-order valence-electron chi connectivity index (χ2n) is 6.26. The molecule has 0 aliphatic heterocycles. The minimum Gasteiger partial charge on any atom is -0.460 e. The van der Waals surface area contributed by atoms with Crippen LogP contribution in [0.1, 0.15) is 47.0 Å². The number of esters is 1. The lowest BCUT2D eigenvalue weighted by atomic mass is 10.1. The Morgan fingerprint density at radius 2 is 2.05 bits per heavy atom. The van der Waals surface area contributed by atoms with Gasteiger partial charge < -0.3 is 4.74 Å². The molecule has 0 bridgehead atoms. The van der Waals surface area contributed by atoms with Crippen molar-refractivity contribution >= 4 is 17.7 Å². The normalized spacial score (nSPS) is 22.9. The van der Waals surface area contributed by atoms with E-state index in [-0.39, 0.29) is 18.3 Å². The van der Waals surface area contributed by atoms with E-state index >= 15 is 0 Å². The first-order chi connectivity index (χ1) is 8.64. The molecule has 0 N–H and O–H groups in total. The van der Waals surface area contributed by atoms with Gasteiger partial charge in [-0.05, 0) is 32.4 Å². The van der Waals surface area contributed by atoms with Crippen molar-refractivity contribution in [2.45, 2.75) is 58.5 Å². The molecule has 0 amide bonds. The maximum Gasteiger partial charge on any atom is 0.306 e. The zero-order valence-corrected chi connectivity index (χ0v) is 13.0. The van der Waals surface area contributed by atoms with E-state index < -0.39 is 17.4 Å². The van der Waals surface area contributed by atoms with Crippen LogP contribution in [0.25, 0.3) is 0 Å². The second kappa shape index (κ2) is 6.42. The van der Waals surface area contributed by atoms with Gasteiger partial charge in [-0.25, -0.2) is 8.78 Å². The number of alkyl halides is 2. The molecule has 1 aliphatic rings. The minimum atomic E-state index is -2.43. The van der Waals surface area contributed by atoms with Crippen molar-refractivity contribution in [3.05, 3.63) is 0 Å². The molecule has 1 saturated carbocycles. The molecule has 19 heavy (non-hydrogen) atoms. The summed E-state index contributed by atoms with van der Waals surface area (Å²) in [5, 5.41) is 0. The summed E-state index contributed by atoms with van der Waals surface area (Å²) in [6.45, 7) is 7.54. The number of carbonyl (C=O) groups is 1. The Kier molecular flexibility index (Phi) is 5.65. The van der Waals surface area contributed by atoms with Gasteiger partial charge in [0.15, 0.2) is 0 Å². The Morgan fingerprint density at radius 1 is 1.47 bits per heavy atom. The van der Waals surface area contributed by atoms with Gasteiger partial charge in [0.2, 0.25) is 0 Å². The summed E-state index contributed by atoms with van der Waals surface area (Å²) < 4.78 is 30.7. The number of hydrogen-bond acceptors (Lipinski definition) is 3. The summed E-state index contributed by atoms with van der Waals surface area (Å²) in [6.07, 6.45) is 1.28. The lowest BCUT2D eigenvalue weighted by Gasteiger charge is -2.21. The molecular formula is C14H24F2O2S. The van der Waals surface area contributed by atoms with Crippen molar-refractivity contribution in [2.24, 2.45) is 11.8 Å². The first-order valence-corrected chi connectivity index (χ1v) is 7.97. The molecule has 0 aromatic heterocycles. The number of rotatable bonds is 7. The molecule has 2 nitrogen and oxygen atoms in total. The third kappa shape index (κ3) is 6.59. The van der Waals surface area contributed by atoms with E-state index in [0.29, 0.717) is 12.2 Å². The van der Waals surface area contributed by atoms with E-state index in [4.69, 9.17) is 4.74 Å². The predicted octanol–water partition coefficient (Wildman–Crippen LogP) is 4.13. The van der Waals surface area contributed by atoms with Crippen molar-refractivity contribution in [3.8, 4) is 0 Å². The molecule has 0 saturated heterocycles. The van der Waals surface area contributed by atoms with Gasteiger partial charge in [0.1, 0.15) is 5.60 Å². The average Bonchev–Trinajstić information content (AvgIpc) is 2.82.